The zero-order valence-corrected chi connectivity index (χ0v) is 59.1. The van der Waals surface area contributed by atoms with Crippen LogP contribution in [0.3, 0.4) is 0 Å². The first-order valence-corrected chi connectivity index (χ1v) is 35.4. The molecule has 99 heavy (non-hydrogen) atoms. The molecule has 15 heteroatoms. The van der Waals surface area contributed by atoms with Crippen LogP contribution in [0.2, 0.25) is 0 Å². The molecule has 0 amide bonds. The smallest absolute Gasteiger partial charge is 0.138 e. The van der Waals surface area contributed by atoms with E-state index in [0.29, 0.717) is 0 Å². The van der Waals surface area contributed by atoms with Crippen LogP contribution in [0.4, 0.5) is 17.1 Å². The second-order valence-corrected chi connectivity index (χ2v) is 24.6. The van der Waals surface area contributed by atoms with Gasteiger partial charge in [-0.25, -0.2) is 0 Å². The molecular weight excluding hydrogens is 1220 g/mol. The van der Waals surface area contributed by atoms with Gasteiger partial charge in [-0.1, -0.05) is 194 Å². The molecule has 0 spiro atoms. The van der Waals surface area contributed by atoms with Gasteiger partial charge in [0.05, 0.1) is 0 Å². The maximum atomic E-state index is 11.2. The highest BCUT2D eigenvalue weighted by Crippen LogP contribution is 2.46. The number of benzene rings is 4. The molecule has 0 N–H and O–H groups in total. The Morgan fingerprint density at radius 3 is 0.505 bits per heavy atom. The summed E-state index contributed by atoms with van der Waals surface area (Å²) in [6, 6.07) is 49.4. The molecule has 0 fully saturated rings. The van der Waals surface area contributed by atoms with Gasteiger partial charge in [0.1, 0.15) is 106 Å². The number of hydrogen-bond acceptors (Lipinski definition) is 15. The zero-order chi connectivity index (χ0) is 72.2. The predicted molar refractivity (Wildman–Crippen MR) is 396 cm³/mol. The summed E-state index contributed by atoms with van der Waals surface area (Å²) in [5.74, 6) is 0. The minimum absolute atomic E-state index is 0.143. The van der Waals surface area contributed by atoms with Crippen LogP contribution in [0.1, 0.15) is 229 Å². The molecule has 0 heterocycles. The molecule has 0 saturated carbocycles. The molecule has 0 unspecified atom stereocenters. The standard InChI is InChI=1S/C84H93N15/c1-7-13-19-25-43-97(44-26-20-14-8-2)76-37-31-64(32-38-76)79(70(52-85)53-86)82(73(58-91)59-92)67-49-68(83(74(60-93)61-94)80(71(54-87)55-88)65-33-39-77(40-34-65)98(45-27-21-15-9-3)46-28-22-16-10-4)51-69(50-67)84(75(62-95)63-96)81(72(56-89)57-90)66-35-41-78(42-36-66)99(47-29-23-17-11-5)48-30-24-18-12-6/h31-42,49-51H,7-30,43-48H2,1-6H3. The lowest BCUT2D eigenvalue weighted by Crippen LogP contribution is -2.25. The summed E-state index contributed by atoms with van der Waals surface area (Å²) in [7, 11) is 0. The Kier molecular flexibility index (Phi) is 37.1. The molecule has 0 atom stereocenters. The Labute approximate surface area is 590 Å². The molecule has 0 radical (unpaired) electrons. The van der Waals surface area contributed by atoms with Crippen LogP contribution < -0.4 is 14.7 Å². The summed E-state index contributed by atoms with van der Waals surface area (Å²) in [4.78, 5) is 6.89. The van der Waals surface area contributed by atoms with Crippen LogP contribution in [0.5, 0.6) is 0 Å². The fourth-order valence-electron chi connectivity index (χ4n) is 12.4. The Morgan fingerprint density at radius 2 is 0.364 bits per heavy atom. The van der Waals surface area contributed by atoms with Crippen molar-refractivity contribution in [3.8, 4) is 72.8 Å². The summed E-state index contributed by atoms with van der Waals surface area (Å²) in [6.07, 6.45) is 24.7. The van der Waals surface area contributed by atoms with Gasteiger partial charge in [0.25, 0.3) is 0 Å². The number of allylic oxidation sites excluding steroid dienone is 12. The van der Waals surface area contributed by atoms with Crippen molar-refractivity contribution < 1.29 is 0 Å². The molecule has 0 bridgehead atoms. The fraction of sp³-hybridized carbons (Fsp3) is 0.429. The van der Waals surface area contributed by atoms with E-state index in [2.05, 4.69) is 56.2 Å². The highest BCUT2D eigenvalue weighted by atomic mass is 15.1. The van der Waals surface area contributed by atoms with Crippen molar-refractivity contribution in [3.05, 3.63) is 158 Å². The van der Waals surface area contributed by atoms with Crippen LogP contribution in [-0.2, 0) is 0 Å². The lowest BCUT2D eigenvalue weighted by Gasteiger charge is -2.26. The average Bonchev–Trinajstić information content (AvgIpc) is 0.787. The van der Waals surface area contributed by atoms with Crippen LogP contribution in [0.25, 0.3) is 33.4 Å². The Balaban J connectivity index is 2.36. The topological polar surface area (TPSA) is 295 Å². The minimum Gasteiger partial charge on any atom is -0.372 e. The van der Waals surface area contributed by atoms with Gasteiger partial charge in [0.2, 0.25) is 0 Å². The summed E-state index contributed by atoms with van der Waals surface area (Å²) in [6.45, 7) is 17.5. The first kappa shape index (κ1) is 80.0. The van der Waals surface area contributed by atoms with E-state index in [1.807, 2.05) is 109 Å². The van der Waals surface area contributed by atoms with Gasteiger partial charge in [-0.3, -0.25) is 0 Å². The van der Waals surface area contributed by atoms with E-state index in [-0.39, 0.29) is 66.8 Å². The molecule has 0 aromatic heterocycles. The lowest BCUT2D eigenvalue weighted by atomic mass is 9.79. The molecular formula is C84H93N15. The number of rotatable bonds is 42. The average molecular weight is 1310 g/mol. The second-order valence-electron chi connectivity index (χ2n) is 24.6. The number of hydrogen-bond donors (Lipinski definition) is 0. The van der Waals surface area contributed by atoms with E-state index in [4.69, 9.17) is 0 Å². The van der Waals surface area contributed by atoms with Gasteiger partial charge in [0.15, 0.2) is 0 Å². The first-order chi connectivity index (χ1) is 48.4. The van der Waals surface area contributed by atoms with Crippen molar-refractivity contribution in [1.29, 1.82) is 63.1 Å². The van der Waals surface area contributed by atoms with Gasteiger partial charge in [-0.15, -0.1) is 0 Å². The van der Waals surface area contributed by atoms with Gasteiger partial charge in [-0.2, -0.15) is 63.1 Å². The summed E-state index contributed by atoms with van der Waals surface area (Å²) in [5, 5.41) is 133. The maximum absolute atomic E-state index is 11.2. The van der Waals surface area contributed by atoms with Crippen LogP contribution in [0, 0.1) is 136 Å². The third kappa shape index (κ3) is 23.4. The lowest BCUT2D eigenvalue weighted by molar-refractivity contribution is 0.609. The summed E-state index contributed by atoms with van der Waals surface area (Å²) >= 11 is 0. The van der Waals surface area contributed by atoms with E-state index in [0.717, 1.165) is 210 Å². The number of nitriles is 12. The molecule has 15 nitrogen and oxygen atoms in total. The van der Waals surface area contributed by atoms with Crippen LogP contribution in [0.15, 0.2) is 124 Å². The van der Waals surface area contributed by atoms with Crippen molar-refractivity contribution >= 4 is 50.5 Å². The molecule has 0 saturated heterocycles. The number of nitrogens with zero attached hydrogens (tertiary/aromatic N) is 15. The number of anilines is 3. The summed E-state index contributed by atoms with van der Waals surface area (Å²) in [5.41, 5.74) is -1.97. The number of unbranched alkanes of at least 4 members (excludes halogenated alkanes) is 18. The monoisotopic (exact) mass is 1310 g/mol. The van der Waals surface area contributed by atoms with E-state index in [9.17, 15) is 63.1 Å². The van der Waals surface area contributed by atoms with Crippen molar-refractivity contribution in [3.63, 3.8) is 0 Å². The third-order valence-corrected chi connectivity index (χ3v) is 17.6. The van der Waals surface area contributed by atoms with Crippen LogP contribution in [-0.4, -0.2) is 39.3 Å². The second kappa shape index (κ2) is 45.9. The molecule has 0 aliphatic carbocycles. The highest BCUT2D eigenvalue weighted by molar-refractivity contribution is 6.17. The SMILES string of the molecule is CCCCCCN(CCCCCC)c1ccc(C(=C(C#N)C#N)C(=C(C#N)C#N)c2cc(C(=C(C#N)C#N)C(=C(C#N)C#N)c3ccc(N(CCCCCC)CCCCCC)cc3)cc(C(=C(C#N)C#N)C(=C(C#N)C#N)c3ccc(N(CCCCCC)CCCCCC)cc3)c2)cc1. The quantitative estimate of drug-likeness (QED) is 0.0226. The van der Waals surface area contributed by atoms with Crippen molar-refractivity contribution in [2.45, 2.75) is 196 Å². The van der Waals surface area contributed by atoms with Crippen molar-refractivity contribution in [2.24, 2.45) is 0 Å². The summed E-state index contributed by atoms with van der Waals surface area (Å²) < 4.78 is 0. The largest absolute Gasteiger partial charge is 0.372 e. The first-order valence-electron chi connectivity index (χ1n) is 35.4. The molecule has 4 aromatic carbocycles. The van der Waals surface area contributed by atoms with Gasteiger partial charge in [-0.05, 0) is 127 Å². The molecule has 4 aromatic rings. The molecule has 4 rings (SSSR count). The minimum atomic E-state index is -0.614. The van der Waals surface area contributed by atoms with Crippen molar-refractivity contribution in [2.75, 3.05) is 54.0 Å². The Bertz CT molecular complexity index is 3520. The maximum Gasteiger partial charge on any atom is 0.138 e. The highest BCUT2D eigenvalue weighted by Gasteiger charge is 2.30. The predicted octanol–water partition coefficient (Wildman–Crippen LogP) is 20.5. The van der Waals surface area contributed by atoms with E-state index < -0.39 is 33.4 Å². The van der Waals surface area contributed by atoms with Gasteiger partial charge < -0.3 is 14.7 Å². The Hall–Kier alpha value is -11.4. The van der Waals surface area contributed by atoms with Gasteiger partial charge >= 0.3 is 0 Å². The fourth-order valence-corrected chi connectivity index (χ4v) is 12.4. The molecule has 504 valence electrons. The third-order valence-electron chi connectivity index (χ3n) is 17.6. The van der Waals surface area contributed by atoms with Crippen LogP contribution >= 0.6 is 0 Å². The normalized spacial score (nSPS) is 10.0. The molecule has 0 aliphatic heterocycles. The zero-order valence-electron chi connectivity index (χ0n) is 59.1. The van der Waals surface area contributed by atoms with E-state index in [1.165, 1.54) is 18.2 Å². The molecule has 0 aliphatic rings. The van der Waals surface area contributed by atoms with E-state index >= 15 is 0 Å². The Morgan fingerprint density at radius 1 is 0.212 bits per heavy atom. The van der Waals surface area contributed by atoms with Gasteiger partial charge in [0, 0.05) is 89.8 Å². The van der Waals surface area contributed by atoms with Crippen molar-refractivity contribution in [1.82, 2.24) is 0 Å². The van der Waals surface area contributed by atoms with E-state index in [1.54, 1.807) is 36.4 Å².